The predicted octanol–water partition coefficient (Wildman–Crippen LogP) is 5.16. The molecule has 0 saturated carbocycles. The van der Waals surface area contributed by atoms with Gasteiger partial charge in [0.25, 0.3) is 5.91 Å². The number of para-hydroxylation sites is 2. The molecule has 2 N–H and O–H groups in total. The van der Waals surface area contributed by atoms with Gasteiger partial charge in [0.1, 0.15) is 23.3 Å². The summed E-state index contributed by atoms with van der Waals surface area (Å²) in [6.45, 7) is 10.1. The fraction of sp³-hybridized carbons (Fsp3) is 0.355. The average molecular weight is 516 g/mol. The van der Waals surface area contributed by atoms with E-state index in [4.69, 9.17) is 4.74 Å². The molecule has 0 aromatic heterocycles. The van der Waals surface area contributed by atoms with Gasteiger partial charge < -0.3 is 20.1 Å². The first-order valence-corrected chi connectivity index (χ1v) is 13.2. The molecule has 38 heavy (non-hydrogen) atoms. The van der Waals surface area contributed by atoms with Crippen molar-refractivity contribution in [3.05, 3.63) is 89.5 Å². The van der Waals surface area contributed by atoms with Crippen molar-refractivity contribution in [2.75, 3.05) is 19.6 Å². The smallest absolute Gasteiger partial charge is 0.258 e. The Bertz CT molecular complexity index is 1250. The Morgan fingerprint density at radius 2 is 1.66 bits per heavy atom. The van der Waals surface area contributed by atoms with Gasteiger partial charge in [0.2, 0.25) is 5.91 Å². The van der Waals surface area contributed by atoms with Crippen LogP contribution in [0.4, 0.5) is 0 Å². The Hall–Kier alpha value is -3.84. The minimum Gasteiger partial charge on any atom is -0.507 e. The fourth-order valence-electron chi connectivity index (χ4n) is 5.12. The van der Waals surface area contributed by atoms with Gasteiger partial charge in [-0.05, 0) is 81.6 Å². The molecule has 2 amide bonds. The van der Waals surface area contributed by atoms with E-state index in [1.165, 1.54) is 6.07 Å². The third-order valence-corrected chi connectivity index (χ3v) is 6.96. The Balaban J connectivity index is 1.61. The van der Waals surface area contributed by atoms with Crippen LogP contribution >= 0.6 is 0 Å². The summed E-state index contributed by atoms with van der Waals surface area (Å²) in [5, 5.41) is 13.4. The molecule has 1 heterocycles. The van der Waals surface area contributed by atoms with Crippen LogP contribution < -0.4 is 10.1 Å². The normalized spacial score (nSPS) is 15.0. The van der Waals surface area contributed by atoms with Crippen molar-refractivity contribution in [1.29, 1.82) is 0 Å². The number of benzene rings is 3. The van der Waals surface area contributed by atoms with Gasteiger partial charge in [0.15, 0.2) is 0 Å². The van der Waals surface area contributed by atoms with E-state index in [1.54, 1.807) is 23.1 Å². The second-order valence-electron chi connectivity index (χ2n) is 10.2. The van der Waals surface area contributed by atoms with E-state index in [-0.39, 0.29) is 23.1 Å². The SMILES string of the molecule is CC(C)N(CCNC(=O)C1c2ccc(Oc3ccccc3)cc2CCN1C(=O)c1ccccc1O)C(C)C. The monoisotopic (exact) mass is 515 g/mol. The van der Waals surface area contributed by atoms with Crippen molar-refractivity contribution in [2.24, 2.45) is 0 Å². The molecule has 0 aliphatic carbocycles. The molecule has 0 fully saturated rings. The molecule has 1 atom stereocenters. The van der Waals surface area contributed by atoms with Crippen LogP contribution in [0, 0.1) is 0 Å². The fourth-order valence-corrected chi connectivity index (χ4v) is 5.12. The van der Waals surface area contributed by atoms with Crippen molar-refractivity contribution in [3.63, 3.8) is 0 Å². The molecule has 0 bridgehead atoms. The highest BCUT2D eigenvalue weighted by atomic mass is 16.5. The number of aromatic hydroxyl groups is 1. The molecule has 3 aromatic carbocycles. The number of phenolic OH excluding ortho intramolecular Hbond substituents is 1. The summed E-state index contributed by atoms with van der Waals surface area (Å²) in [6.07, 6.45) is 0.568. The molecule has 200 valence electrons. The van der Waals surface area contributed by atoms with E-state index < -0.39 is 6.04 Å². The van der Waals surface area contributed by atoms with E-state index in [2.05, 4.69) is 37.9 Å². The summed E-state index contributed by atoms with van der Waals surface area (Å²) in [7, 11) is 0. The predicted molar refractivity (Wildman–Crippen MR) is 149 cm³/mol. The summed E-state index contributed by atoms with van der Waals surface area (Å²) < 4.78 is 6.02. The number of nitrogens with one attached hydrogen (secondary N) is 1. The zero-order valence-corrected chi connectivity index (χ0v) is 22.6. The van der Waals surface area contributed by atoms with Gasteiger partial charge in [0.05, 0.1) is 5.56 Å². The third kappa shape index (κ3) is 6.17. The number of fused-ring (bicyclic) bond motifs is 1. The van der Waals surface area contributed by atoms with Crippen molar-refractivity contribution >= 4 is 11.8 Å². The van der Waals surface area contributed by atoms with Crippen LogP contribution in [0.15, 0.2) is 72.8 Å². The number of nitrogens with zero attached hydrogens (tertiary/aromatic N) is 2. The van der Waals surface area contributed by atoms with Crippen LogP contribution in [-0.4, -0.2) is 58.4 Å². The maximum absolute atomic E-state index is 13.7. The number of hydrogen-bond donors (Lipinski definition) is 2. The zero-order chi connectivity index (χ0) is 27.2. The third-order valence-electron chi connectivity index (χ3n) is 6.96. The number of ether oxygens (including phenoxy) is 1. The van der Waals surface area contributed by atoms with Crippen LogP contribution in [0.5, 0.6) is 17.2 Å². The number of hydrogen-bond acceptors (Lipinski definition) is 5. The summed E-state index contributed by atoms with van der Waals surface area (Å²) >= 11 is 0. The van der Waals surface area contributed by atoms with Gasteiger partial charge in [-0.3, -0.25) is 14.5 Å². The quantitative estimate of drug-likeness (QED) is 0.411. The van der Waals surface area contributed by atoms with Crippen LogP contribution in [0.1, 0.15) is 55.2 Å². The van der Waals surface area contributed by atoms with Gasteiger partial charge in [-0.2, -0.15) is 0 Å². The number of carbonyl (C=O) groups excluding carboxylic acids is 2. The summed E-state index contributed by atoms with van der Waals surface area (Å²) in [5.41, 5.74) is 1.91. The van der Waals surface area contributed by atoms with E-state index >= 15 is 0 Å². The molecule has 0 saturated heterocycles. The molecule has 1 unspecified atom stereocenters. The molecular weight excluding hydrogens is 478 g/mol. The Morgan fingerprint density at radius 1 is 0.974 bits per heavy atom. The molecule has 4 rings (SSSR count). The highest BCUT2D eigenvalue weighted by molar-refractivity contribution is 6.00. The number of rotatable bonds is 9. The summed E-state index contributed by atoms with van der Waals surface area (Å²) in [4.78, 5) is 31.1. The van der Waals surface area contributed by atoms with Crippen molar-refractivity contribution in [3.8, 4) is 17.2 Å². The highest BCUT2D eigenvalue weighted by Crippen LogP contribution is 2.35. The average Bonchev–Trinajstić information content (AvgIpc) is 2.90. The van der Waals surface area contributed by atoms with Crippen molar-refractivity contribution < 1.29 is 19.4 Å². The lowest BCUT2D eigenvalue weighted by Crippen LogP contribution is -2.49. The molecule has 7 nitrogen and oxygen atoms in total. The Labute approximate surface area is 225 Å². The van der Waals surface area contributed by atoms with Gasteiger partial charge in [-0.1, -0.05) is 36.4 Å². The molecule has 0 radical (unpaired) electrons. The summed E-state index contributed by atoms with van der Waals surface area (Å²) in [6, 6.07) is 21.5. The number of carbonyl (C=O) groups is 2. The summed E-state index contributed by atoms with van der Waals surface area (Å²) in [5.74, 6) is 0.704. The largest absolute Gasteiger partial charge is 0.507 e. The lowest BCUT2D eigenvalue weighted by atomic mass is 9.91. The van der Waals surface area contributed by atoms with E-state index in [0.29, 0.717) is 43.9 Å². The molecule has 7 heteroatoms. The molecule has 1 aliphatic rings. The first-order chi connectivity index (χ1) is 18.3. The van der Waals surface area contributed by atoms with Crippen molar-refractivity contribution in [2.45, 2.75) is 52.2 Å². The minimum atomic E-state index is -0.816. The molecule has 0 spiro atoms. The number of amides is 2. The van der Waals surface area contributed by atoms with E-state index in [0.717, 1.165) is 16.9 Å². The van der Waals surface area contributed by atoms with Gasteiger partial charge in [-0.15, -0.1) is 0 Å². The van der Waals surface area contributed by atoms with Gasteiger partial charge in [-0.25, -0.2) is 0 Å². The lowest BCUT2D eigenvalue weighted by Gasteiger charge is -2.37. The first kappa shape index (κ1) is 27.2. The minimum absolute atomic E-state index is 0.0985. The first-order valence-electron chi connectivity index (χ1n) is 13.2. The lowest BCUT2D eigenvalue weighted by molar-refractivity contribution is -0.126. The topological polar surface area (TPSA) is 82.1 Å². The maximum atomic E-state index is 13.7. The van der Waals surface area contributed by atoms with E-state index in [1.807, 2.05) is 48.5 Å². The molecule has 3 aromatic rings. The second-order valence-corrected chi connectivity index (χ2v) is 10.2. The number of phenols is 1. The Kier molecular flexibility index (Phi) is 8.69. The van der Waals surface area contributed by atoms with Crippen molar-refractivity contribution in [1.82, 2.24) is 15.1 Å². The second kappa shape index (κ2) is 12.1. The van der Waals surface area contributed by atoms with Crippen LogP contribution in [0.25, 0.3) is 0 Å². The maximum Gasteiger partial charge on any atom is 0.258 e. The molecular formula is C31H37N3O4. The van der Waals surface area contributed by atoms with E-state index in [9.17, 15) is 14.7 Å². The molecule has 1 aliphatic heterocycles. The highest BCUT2D eigenvalue weighted by Gasteiger charge is 2.37. The van der Waals surface area contributed by atoms with Crippen LogP contribution in [0.2, 0.25) is 0 Å². The standard InChI is InChI=1S/C31H37N3O4/c1-21(2)33(22(3)4)19-17-32-30(36)29-26-15-14-25(38-24-10-6-5-7-11-24)20-23(26)16-18-34(29)31(37)27-12-8-9-13-28(27)35/h5-15,20-22,29,35H,16-19H2,1-4H3,(H,32,36). The van der Waals surface area contributed by atoms with Gasteiger partial charge in [0, 0.05) is 31.7 Å². The van der Waals surface area contributed by atoms with Crippen LogP contribution in [-0.2, 0) is 11.2 Å². The zero-order valence-electron chi connectivity index (χ0n) is 22.6. The van der Waals surface area contributed by atoms with Gasteiger partial charge >= 0.3 is 0 Å². The Morgan fingerprint density at radius 3 is 2.34 bits per heavy atom. The van der Waals surface area contributed by atoms with Crippen LogP contribution in [0.3, 0.4) is 0 Å².